The van der Waals surface area contributed by atoms with Crippen molar-refractivity contribution in [2.45, 2.75) is 75.9 Å². The summed E-state index contributed by atoms with van der Waals surface area (Å²) in [5.41, 5.74) is 0. The number of nitrogens with zero attached hydrogens (tertiary/aromatic N) is 1. The molecule has 5 atom stereocenters. The molecular weight excluding hydrogens is 306 g/mol. The highest BCUT2D eigenvalue weighted by atomic mass is 16.7. The Morgan fingerprint density at radius 1 is 1.17 bits per heavy atom. The molecule has 1 N–H and O–H groups in total. The number of allylic oxidation sites excluding steroid dienone is 1. The molecule has 5 nitrogen and oxygen atoms in total. The minimum atomic E-state index is -0.313. The molecule has 0 radical (unpaired) electrons. The van der Waals surface area contributed by atoms with Gasteiger partial charge in [-0.05, 0) is 57.7 Å². The van der Waals surface area contributed by atoms with Crippen LogP contribution in [0, 0.1) is 5.92 Å². The van der Waals surface area contributed by atoms with Gasteiger partial charge >= 0.3 is 0 Å². The zero-order valence-electron chi connectivity index (χ0n) is 14.9. The molecule has 24 heavy (non-hydrogen) atoms. The minimum Gasteiger partial charge on any atom is -0.505 e. The predicted molar refractivity (Wildman–Crippen MR) is 92.6 cm³/mol. The molecule has 2 aliphatic heterocycles. The van der Waals surface area contributed by atoms with Gasteiger partial charge in [0.1, 0.15) is 0 Å². The van der Waals surface area contributed by atoms with Crippen LogP contribution in [-0.4, -0.2) is 61.4 Å². The number of aliphatic hydroxyl groups excluding tert-OH is 1. The van der Waals surface area contributed by atoms with Crippen molar-refractivity contribution in [3.63, 3.8) is 0 Å². The fourth-order valence-corrected chi connectivity index (χ4v) is 4.53. The van der Waals surface area contributed by atoms with Crippen LogP contribution in [-0.2, 0) is 14.2 Å². The zero-order valence-corrected chi connectivity index (χ0v) is 14.9. The quantitative estimate of drug-likeness (QED) is 0.754. The second-order valence-corrected chi connectivity index (χ2v) is 7.37. The molecule has 3 fully saturated rings. The highest BCUT2D eigenvalue weighted by Gasteiger charge is 2.46. The second-order valence-electron chi connectivity index (χ2n) is 7.37. The number of ether oxygens (including phenoxy) is 3. The van der Waals surface area contributed by atoms with Gasteiger partial charge in [0.05, 0.1) is 25.6 Å². The maximum Gasteiger partial charge on any atom is 0.158 e. The third-order valence-electron chi connectivity index (χ3n) is 5.70. The smallest absolute Gasteiger partial charge is 0.158 e. The van der Waals surface area contributed by atoms with Crippen LogP contribution in [0.4, 0.5) is 0 Å². The molecule has 0 spiro atoms. The average Bonchev–Trinajstić information content (AvgIpc) is 2.92. The van der Waals surface area contributed by atoms with Crippen molar-refractivity contribution in [2.75, 3.05) is 26.8 Å². The topological polar surface area (TPSA) is 51.2 Å². The summed E-state index contributed by atoms with van der Waals surface area (Å²) < 4.78 is 17.2. The normalized spacial score (nSPS) is 38.7. The van der Waals surface area contributed by atoms with Gasteiger partial charge in [0.15, 0.2) is 6.29 Å². The minimum absolute atomic E-state index is 0.0714. The van der Waals surface area contributed by atoms with E-state index in [1.807, 2.05) is 6.08 Å². The van der Waals surface area contributed by atoms with Gasteiger partial charge in [-0.15, -0.1) is 0 Å². The van der Waals surface area contributed by atoms with E-state index in [1.54, 1.807) is 13.4 Å². The van der Waals surface area contributed by atoms with Crippen LogP contribution in [0.3, 0.4) is 0 Å². The highest BCUT2D eigenvalue weighted by Crippen LogP contribution is 2.37. The molecule has 3 aliphatic rings. The van der Waals surface area contributed by atoms with E-state index in [1.165, 1.54) is 25.7 Å². The summed E-state index contributed by atoms with van der Waals surface area (Å²) in [5, 5.41) is 10.7. The van der Waals surface area contributed by atoms with Gasteiger partial charge in [-0.25, -0.2) is 0 Å². The Balaban J connectivity index is 1.68. The molecule has 2 heterocycles. The number of hydrogen-bond acceptors (Lipinski definition) is 5. The summed E-state index contributed by atoms with van der Waals surface area (Å²) in [4.78, 5) is 2.55. The van der Waals surface area contributed by atoms with Gasteiger partial charge < -0.3 is 19.3 Å². The van der Waals surface area contributed by atoms with Crippen LogP contribution in [0.15, 0.2) is 12.3 Å². The lowest BCUT2D eigenvalue weighted by Gasteiger charge is -2.39. The van der Waals surface area contributed by atoms with Crippen LogP contribution in [0.25, 0.3) is 0 Å². The summed E-state index contributed by atoms with van der Waals surface area (Å²) in [7, 11) is 1.66. The molecule has 0 aromatic rings. The van der Waals surface area contributed by atoms with Crippen LogP contribution in [0.5, 0.6) is 0 Å². The molecule has 0 bridgehead atoms. The molecule has 3 rings (SSSR count). The molecule has 138 valence electrons. The van der Waals surface area contributed by atoms with E-state index in [0.29, 0.717) is 6.42 Å². The first-order valence-electron chi connectivity index (χ1n) is 9.66. The van der Waals surface area contributed by atoms with Crippen molar-refractivity contribution in [3.8, 4) is 0 Å². The molecule has 0 amide bonds. The summed E-state index contributed by atoms with van der Waals surface area (Å²) in [6.07, 6.45) is 12.1. The van der Waals surface area contributed by atoms with Crippen LogP contribution in [0.2, 0.25) is 0 Å². The number of methoxy groups -OCH3 is 1. The lowest BCUT2D eigenvalue weighted by Crippen LogP contribution is -2.49. The van der Waals surface area contributed by atoms with Crippen molar-refractivity contribution in [1.29, 1.82) is 0 Å². The molecule has 0 aromatic heterocycles. The molecule has 0 aromatic carbocycles. The van der Waals surface area contributed by atoms with Gasteiger partial charge in [-0.2, -0.15) is 0 Å². The molecule has 1 unspecified atom stereocenters. The summed E-state index contributed by atoms with van der Waals surface area (Å²) in [6, 6.07) is 0.285. The summed E-state index contributed by atoms with van der Waals surface area (Å²) in [5.74, 6) is 0.211. The third-order valence-corrected chi connectivity index (χ3v) is 5.70. The largest absolute Gasteiger partial charge is 0.505 e. The number of aliphatic hydroxyl groups is 1. The van der Waals surface area contributed by atoms with Crippen LogP contribution in [0.1, 0.15) is 51.4 Å². The van der Waals surface area contributed by atoms with Crippen LogP contribution >= 0.6 is 0 Å². The standard InChI is InChI=1S/C19H33NO4/c1-22-12-7-8-15-16(21)14-17(24-18-9-3-6-13-23-18)19(15)20-10-4-2-5-11-20/h7,12,15-19,21H,2-6,8-11,13-14H2,1H3/t15-,16-,17+,18?,19+/m1/s1. The van der Waals surface area contributed by atoms with Gasteiger partial charge in [-0.1, -0.05) is 6.42 Å². The molecular formula is C19H33NO4. The summed E-state index contributed by atoms with van der Waals surface area (Å²) >= 11 is 0. The fraction of sp³-hybridized carbons (Fsp3) is 0.895. The number of hydrogen-bond donors (Lipinski definition) is 1. The van der Waals surface area contributed by atoms with E-state index in [9.17, 15) is 5.11 Å². The van der Waals surface area contributed by atoms with Crippen molar-refractivity contribution in [1.82, 2.24) is 4.90 Å². The molecule has 1 saturated carbocycles. The Morgan fingerprint density at radius 3 is 2.71 bits per heavy atom. The number of rotatable bonds is 6. The Morgan fingerprint density at radius 2 is 2.00 bits per heavy atom. The second kappa shape index (κ2) is 9.18. The van der Waals surface area contributed by atoms with Crippen LogP contribution < -0.4 is 0 Å². The van der Waals surface area contributed by atoms with Crippen molar-refractivity contribution in [3.05, 3.63) is 12.3 Å². The van der Waals surface area contributed by atoms with E-state index in [2.05, 4.69) is 4.90 Å². The number of likely N-dealkylation sites (tertiary alicyclic amines) is 1. The lowest BCUT2D eigenvalue weighted by atomic mass is 9.94. The van der Waals surface area contributed by atoms with Crippen molar-refractivity contribution < 1.29 is 19.3 Å². The first-order chi connectivity index (χ1) is 11.8. The Hall–Kier alpha value is -0.620. The van der Waals surface area contributed by atoms with Gasteiger partial charge in [0.2, 0.25) is 0 Å². The zero-order chi connectivity index (χ0) is 16.8. The Bertz CT molecular complexity index is 391. The maximum atomic E-state index is 10.7. The molecule has 5 heteroatoms. The van der Waals surface area contributed by atoms with E-state index < -0.39 is 0 Å². The monoisotopic (exact) mass is 339 g/mol. The third kappa shape index (κ3) is 4.51. The predicted octanol–water partition coefficient (Wildman–Crippen LogP) is 2.68. The van der Waals surface area contributed by atoms with E-state index >= 15 is 0 Å². The van der Waals surface area contributed by atoms with Crippen molar-refractivity contribution in [2.24, 2.45) is 5.92 Å². The lowest BCUT2D eigenvalue weighted by molar-refractivity contribution is -0.198. The van der Waals surface area contributed by atoms with Gasteiger partial charge in [-0.3, -0.25) is 4.90 Å². The SMILES string of the molecule is COC=CC[C@H]1[C@H](N2CCCCC2)[C@@H](OC2CCCCO2)C[C@H]1O. The average molecular weight is 339 g/mol. The first kappa shape index (κ1) is 18.2. The van der Waals surface area contributed by atoms with E-state index in [4.69, 9.17) is 14.2 Å². The fourth-order valence-electron chi connectivity index (χ4n) is 4.53. The molecule has 1 aliphatic carbocycles. The van der Waals surface area contributed by atoms with Gasteiger partial charge in [0, 0.05) is 25.0 Å². The number of piperidine rings is 1. The van der Waals surface area contributed by atoms with E-state index in [-0.39, 0.29) is 30.5 Å². The van der Waals surface area contributed by atoms with Crippen molar-refractivity contribution >= 4 is 0 Å². The van der Waals surface area contributed by atoms with E-state index in [0.717, 1.165) is 39.0 Å². The Labute approximate surface area is 145 Å². The highest BCUT2D eigenvalue weighted by molar-refractivity contribution is 5.01. The molecule has 2 saturated heterocycles. The maximum absolute atomic E-state index is 10.7. The Kier molecular flexibility index (Phi) is 6.95. The summed E-state index contributed by atoms with van der Waals surface area (Å²) in [6.45, 7) is 3.04. The first-order valence-corrected chi connectivity index (χ1v) is 9.66. The van der Waals surface area contributed by atoms with Gasteiger partial charge in [0.25, 0.3) is 0 Å².